The molecule has 0 spiro atoms. The van der Waals surface area contributed by atoms with Gasteiger partial charge in [0.05, 0.1) is 0 Å². The Bertz CT molecular complexity index is 192. The Labute approximate surface area is 64.0 Å². The third-order valence-electron chi connectivity index (χ3n) is 0. The molecule has 0 aromatic rings. The van der Waals surface area contributed by atoms with E-state index in [0.29, 0.717) is 0 Å². The summed E-state index contributed by atoms with van der Waals surface area (Å²) in [6.45, 7) is 0. The summed E-state index contributed by atoms with van der Waals surface area (Å²) >= 11 is 0. The van der Waals surface area contributed by atoms with Gasteiger partial charge in [0.25, 0.3) is 0 Å². The van der Waals surface area contributed by atoms with E-state index in [9.17, 15) is 0 Å². The summed E-state index contributed by atoms with van der Waals surface area (Å²) < 4.78 is 55.5. The van der Waals surface area contributed by atoms with Crippen LogP contribution in [0.2, 0.25) is 0 Å². The Morgan fingerprint density at radius 3 is 1.18 bits per heavy atom. The number of hydrogen-bond donors (Lipinski definition) is 7. The summed E-state index contributed by atoms with van der Waals surface area (Å²) in [7, 11) is -8.81. The molecular weight excluding hydrogens is 204 g/mol. The summed E-state index contributed by atoms with van der Waals surface area (Å²) in [5, 5.41) is 4.02. The quantitative estimate of drug-likeness (QED) is 0.183. The largest absolute Gasteiger partial charge is 0.394 e. The minimum atomic E-state index is -4.67. The summed E-state index contributed by atoms with van der Waals surface area (Å²) in [6.07, 6.45) is 0. The standard InChI is InChI=1S/H5NO3S.H3N.H2O4S/c1-5(2,3)4;;1-5(2,3)4/h5H,(H4,1,2,3,4);1H3;(H2,1,2,3,4). The fraction of sp³-hybridized carbons (Fsp3) is 0. The number of thiol groups is 1. The molecule has 0 aliphatic carbocycles. The summed E-state index contributed by atoms with van der Waals surface area (Å²) in [5.74, 6) is 0. The highest BCUT2D eigenvalue weighted by molar-refractivity contribution is 7.90. The smallest absolute Gasteiger partial charge is 0.344 e. The third-order valence-corrected chi connectivity index (χ3v) is 0. The van der Waals surface area contributed by atoms with Crippen LogP contribution in [-0.2, 0) is 21.1 Å². The van der Waals surface area contributed by atoms with Crippen LogP contribution in [-0.4, -0.2) is 30.8 Å². The molecule has 9 N–H and O–H groups in total. The van der Waals surface area contributed by atoms with E-state index in [1.165, 1.54) is 0 Å². The molecule has 0 heterocycles. The van der Waals surface area contributed by atoms with Crippen molar-refractivity contribution in [3.63, 3.8) is 0 Å². The maximum atomic E-state index is 9.10. The van der Waals surface area contributed by atoms with Gasteiger partial charge in [0.1, 0.15) is 10.7 Å². The Morgan fingerprint density at radius 1 is 1.18 bits per heavy atom. The second-order valence-corrected chi connectivity index (χ2v) is 3.11. The molecule has 9 nitrogen and oxygen atoms in total. The van der Waals surface area contributed by atoms with E-state index in [1.807, 2.05) is 0 Å². The van der Waals surface area contributed by atoms with E-state index in [1.54, 1.807) is 0 Å². The minimum Gasteiger partial charge on any atom is -0.344 e. The zero-order chi connectivity index (χ0) is 9.00. The zero-order valence-corrected chi connectivity index (χ0v) is 6.86. The Hall–Kier alpha value is -0.140. The van der Waals surface area contributed by atoms with Gasteiger partial charge < -0.3 is 6.15 Å². The molecule has 0 rings (SSSR count). The molecule has 0 aliphatic heterocycles. The van der Waals surface area contributed by atoms with E-state index in [4.69, 9.17) is 30.8 Å². The first-order valence-corrected chi connectivity index (χ1v) is 4.62. The van der Waals surface area contributed by atoms with Crippen molar-refractivity contribution < 1.29 is 30.8 Å². The van der Waals surface area contributed by atoms with Crippen LogP contribution < -0.4 is 11.3 Å². The van der Waals surface area contributed by atoms with Crippen LogP contribution >= 0.6 is 0 Å². The van der Waals surface area contributed by atoms with Crippen molar-refractivity contribution in [2.45, 2.75) is 0 Å². The molecule has 74 valence electrons. The normalized spacial score (nSPS) is 12.1. The molecule has 0 aromatic heterocycles. The monoisotopic (exact) mass is 214 g/mol. The average Bonchev–Trinajstić information content (AvgIpc) is 1.12. The lowest BCUT2D eigenvalue weighted by molar-refractivity contribution is 0.380. The molecular formula is H10N2O7S2. The van der Waals surface area contributed by atoms with E-state index in [2.05, 4.69) is 5.14 Å². The molecule has 0 saturated heterocycles. The fourth-order valence-electron chi connectivity index (χ4n) is 0. The van der Waals surface area contributed by atoms with Crippen LogP contribution in [0, 0.1) is 0 Å². The predicted molar refractivity (Wildman–Crippen MR) is 38.2 cm³/mol. The molecule has 0 fully saturated rings. The predicted octanol–water partition coefficient (Wildman–Crippen LogP) is -1.67. The lowest BCUT2D eigenvalue weighted by Crippen LogP contribution is -2.18. The van der Waals surface area contributed by atoms with Crippen molar-refractivity contribution >= 4 is 21.1 Å². The molecule has 0 aliphatic rings. The van der Waals surface area contributed by atoms with Crippen LogP contribution in [0.15, 0.2) is 0 Å². The van der Waals surface area contributed by atoms with Gasteiger partial charge in [-0.05, 0) is 0 Å². The average molecular weight is 214 g/mol. The van der Waals surface area contributed by atoms with Gasteiger partial charge >= 0.3 is 10.4 Å². The van der Waals surface area contributed by atoms with E-state index in [0.717, 1.165) is 0 Å². The number of hydrogen-bond acceptors (Lipinski definition) is 4. The van der Waals surface area contributed by atoms with Gasteiger partial charge in [-0.25, -0.2) is 9.35 Å². The highest BCUT2D eigenvalue weighted by Crippen LogP contribution is 1.65. The van der Waals surface area contributed by atoms with Crippen LogP contribution in [0.3, 0.4) is 0 Å². The van der Waals surface area contributed by atoms with Crippen molar-refractivity contribution in [2.75, 3.05) is 0 Å². The Kier molecular flexibility index (Phi) is 8.55. The SMILES string of the molecule is N.N[SH](=O)(O)O.O=S(=O)(O)O. The van der Waals surface area contributed by atoms with E-state index < -0.39 is 21.1 Å². The maximum Gasteiger partial charge on any atom is 0.394 e. The molecule has 0 bridgehead atoms. The van der Waals surface area contributed by atoms with Crippen molar-refractivity contribution in [2.24, 2.45) is 5.14 Å². The lowest BCUT2D eigenvalue weighted by Gasteiger charge is -1.95. The fourth-order valence-corrected chi connectivity index (χ4v) is 0. The molecule has 0 unspecified atom stereocenters. The molecule has 0 amide bonds. The van der Waals surface area contributed by atoms with Gasteiger partial charge in [0, 0.05) is 0 Å². The lowest BCUT2D eigenvalue weighted by atomic mass is 13.9. The maximum absolute atomic E-state index is 9.10. The Balaban J connectivity index is -0.000000107. The highest BCUT2D eigenvalue weighted by atomic mass is 32.3. The van der Waals surface area contributed by atoms with Crippen molar-refractivity contribution in [1.29, 1.82) is 0 Å². The van der Waals surface area contributed by atoms with Crippen LogP contribution in [0.5, 0.6) is 0 Å². The van der Waals surface area contributed by atoms with Gasteiger partial charge in [-0.1, -0.05) is 0 Å². The first kappa shape index (κ1) is 17.1. The molecule has 0 saturated carbocycles. The molecule has 0 atom stereocenters. The van der Waals surface area contributed by atoms with E-state index >= 15 is 0 Å². The van der Waals surface area contributed by atoms with Gasteiger partial charge in [0.2, 0.25) is 0 Å². The number of rotatable bonds is 0. The van der Waals surface area contributed by atoms with Gasteiger partial charge in [-0.2, -0.15) is 8.42 Å². The molecule has 11 heavy (non-hydrogen) atoms. The molecule has 11 heteroatoms. The molecule has 0 aromatic carbocycles. The molecule has 0 radical (unpaired) electrons. The van der Waals surface area contributed by atoms with Crippen LogP contribution in [0.1, 0.15) is 0 Å². The summed E-state index contributed by atoms with van der Waals surface area (Å²) in [5.41, 5.74) is 0. The van der Waals surface area contributed by atoms with Crippen molar-refractivity contribution in [3.8, 4) is 0 Å². The summed E-state index contributed by atoms with van der Waals surface area (Å²) in [6, 6.07) is 0. The highest BCUT2D eigenvalue weighted by Gasteiger charge is 1.84. The second-order valence-electron chi connectivity index (χ2n) is 1.04. The minimum absolute atomic E-state index is 0. The first-order chi connectivity index (χ1) is 4.00. The van der Waals surface area contributed by atoms with Crippen molar-refractivity contribution in [3.05, 3.63) is 0 Å². The van der Waals surface area contributed by atoms with Crippen molar-refractivity contribution in [1.82, 2.24) is 6.15 Å². The first-order valence-electron chi connectivity index (χ1n) is 1.54. The second kappa shape index (κ2) is 5.50. The number of nitrogens with two attached hydrogens (primary N) is 1. The van der Waals surface area contributed by atoms with Crippen LogP contribution in [0.25, 0.3) is 0 Å². The van der Waals surface area contributed by atoms with Crippen LogP contribution in [0.4, 0.5) is 0 Å². The van der Waals surface area contributed by atoms with Gasteiger partial charge in [0.15, 0.2) is 0 Å². The Morgan fingerprint density at radius 2 is 1.18 bits per heavy atom. The zero-order valence-electron chi connectivity index (χ0n) is 5.15. The van der Waals surface area contributed by atoms with Gasteiger partial charge in [-0.3, -0.25) is 18.2 Å². The third kappa shape index (κ3) is 31100. The topological polar surface area (TPSA) is 193 Å². The van der Waals surface area contributed by atoms with Gasteiger partial charge in [-0.15, -0.1) is 0 Å². The van der Waals surface area contributed by atoms with E-state index in [-0.39, 0.29) is 6.15 Å². The summed E-state index contributed by atoms with van der Waals surface area (Å²) in [4.78, 5) is 0.